The maximum Gasteiger partial charge on any atom is 0.0630 e. The first-order chi connectivity index (χ1) is 8.19. The van der Waals surface area contributed by atoms with Crippen LogP contribution in [0.1, 0.15) is 17.2 Å². The summed E-state index contributed by atoms with van der Waals surface area (Å²) < 4.78 is 1.83. The molecule has 0 amide bonds. The average Bonchev–Trinajstić information content (AvgIpc) is 2.72. The van der Waals surface area contributed by atoms with Crippen LogP contribution in [-0.4, -0.2) is 15.1 Å². The fourth-order valence-corrected chi connectivity index (χ4v) is 2.65. The average molecular weight is 314 g/mol. The van der Waals surface area contributed by atoms with Gasteiger partial charge in [0.25, 0.3) is 0 Å². The topological polar surface area (TPSA) is 17.8 Å². The number of aromatic nitrogens is 2. The van der Waals surface area contributed by atoms with E-state index < -0.39 is 0 Å². The lowest BCUT2D eigenvalue weighted by Crippen LogP contribution is -2.05. The molecule has 17 heavy (non-hydrogen) atoms. The molecule has 2 aromatic rings. The van der Waals surface area contributed by atoms with E-state index in [-0.39, 0.29) is 0 Å². The van der Waals surface area contributed by atoms with Crippen molar-refractivity contribution in [1.82, 2.24) is 9.78 Å². The van der Waals surface area contributed by atoms with Crippen LogP contribution in [0.15, 0.2) is 36.5 Å². The molecule has 4 heteroatoms. The van der Waals surface area contributed by atoms with Crippen LogP contribution in [-0.2, 0) is 13.5 Å². The van der Waals surface area contributed by atoms with Crippen molar-refractivity contribution < 1.29 is 0 Å². The molecule has 1 aromatic carbocycles. The highest BCUT2D eigenvalue weighted by molar-refractivity contribution is 9.09. The number of alkyl halides is 1. The van der Waals surface area contributed by atoms with Crippen molar-refractivity contribution in [3.63, 3.8) is 0 Å². The Hall–Kier alpha value is -0.800. The summed E-state index contributed by atoms with van der Waals surface area (Å²) in [6.07, 6.45) is 2.89. The third-order valence-corrected chi connectivity index (χ3v) is 3.75. The number of aryl methyl sites for hydroxylation is 1. The first-order valence-corrected chi connectivity index (χ1v) is 6.99. The molecular formula is C13H14BrClN2. The Morgan fingerprint density at radius 2 is 2.24 bits per heavy atom. The molecule has 1 aromatic heterocycles. The molecule has 90 valence electrons. The van der Waals surface area contributed by atoms with Gasteiger partial charge in [-0.25, -0.2) is 0 Å². The Kier molecular flexibility index (Phi) is 4.24. The van der Waals surface area contributed by atoms with Gasteiger partial charge < -0.3 is 0 Å². The molecule has 1 unspecified atom stereocenters. The van der Waals surface area contributed by atoms with Crippen LogP contribution in [0.3, 0.4) is 0 Å². The molecule has 1 atom stereocenters. The highest BCUT2D eigenvalue weighted by Crippen LogP contribution is 2.24. The van der Waals surface area contributed by atoms with Crippen molar-refractivity contribution in [2.45, 2.75) is 12.3 Å². The molecule has 0 aliphatic carbocycles. The second-order valence-corrected chi connectivity index (χ2v) is 5.18. The predicted octanol–water partition coefficient (Wildman–Crippen LogP) is 3.79. The highest BCUT2D eigenvalue weighted by atomic mass is 79.9. The molecule has 0 aliphatic heterocycles. The van der Waals surface area contributed by atoms with E-state index in [0.717, 1.165) is 22.5 Å². The second kappa shape index (κ2) is 5.69. The van der Waals surface area contributed by atoms with Gasteiger partial charge in [-0.05, 0) is 36.1 Å². The van der Waals surface area contributed by atoms with Crippen LogP contribution in [0.25, 0.3) is 0 Å². The first kappa shape index (κ1) is 12.7. The van der Waals surface area contributed by atoms with Crippen LogP contribution in [0.5, 0.6) is 0 Å². The molecule has 0 saturated carbocycles. The summed E-state index contributed by atoms with van der Waals surface area (Å²) in [4.78, 5) is 0. The van der Waals surface area contributed by atoms with E-state index in [1.54, 1.807) is 0 Å². The molecule has 2 nitrogen and oxygen atoms in total. The summed E-state index contributed by atoms with van der Waals surface area (Å²) in [5.74, 6) is 0.406. The zero-order valence-corrected chi connectivity index (χ0v) is 11.9. The van der Waals surface area contributed by atoms with Gasteiger partial charge in [0, 0.05) is 23.6 Å². The summed E-state index contributed by atoms with van der Waals surface area (Å²) in [6, 6.07) is 10.1. The Bertz CT molecular complexity index is 496. The maximum atomic E-state index is 6.02. The van der Waals surface area contributed by atoms with E-state index in [1.165, 1.54) is 5.56 Å². The maximum absolute atomic E-state index is 6.02. The molecule has 0 aliphatic rings. The van der Waals surface area contributed by atoms with Gasteiger partial charge in [-0.1, -0.05) is 39.7 Å². The minimum Gasteiger partial charge on any atom is -0.276 e. The van der Waals surface area contributed by atoms with E-state index in [1.807, 2.05) is 36.1 Å². The van der Waals surface area contributed by atoms with Crippen LogP contribution >= 0.6 is 27.5 Å². The predicted molar refractivity (Wildman–Crippen MR) is 74.9 cm³/mol. The molecule has 0 N–H and O–H groups in total. The van der Waals surface area contributed by atoms with Gasteiger partial charge in [0.2, 0.25) is 0 Å². The minimum absolute atomic E-state index is 0.406. The second-order valence-electron chi connectivity index (χ2n) is 4.09. The van der Waals surface area contributed by atoms with Crippen molar-refractivity contribution >= 4 is 27.5 Å². The highest BCUT2D eigenvalue weighted by Gasteiger charge is 2.12. The lowest BCUT2D eigenvalue weighted by molar-refractivity contribution is 0.701. The molecule has 0 spiro atoms. The van der Waals surface area contributed by atoms with Gasteiger partial charge in [-0.3, -0.25) is 4.68 Å². The van der Waals surface area contributed by atoms with Gasteiger partial charge in [0.05, 0.1) is 5.69 Å². The summed E-state index contributed by atoms with van der Waals surface area (Å²) in [6.45, 7) is 0. The van der Waals surface area contributed by atoms with Crippen molar-refractivity contribution in [3.8, 4) is 0 Å². The van der Waals surface area contributed by atoms with Crippen molar-refractivity contribution in [2.75, 3.05) is 5.33 Å². The Morgan fingerprint density at radius 3 is 2.82 bits per heavy atom. The molecule has 0 bridgehead atoms. The van der Waals surface area contributed by atoms with E-state index >= 15 is 0 Å². The van der Waals surface area contributed by atoms with Crippen LogP contribution in [0.4, 0.5) is 0 Å². The summed E-state index contributed by atoms with van der Waals surface area (Å²) in [5, 5.41) is 6.10. The summed E-state index contributed by atoms with van der Waals surface area (Å²) >= 11 is 9.58. The number of benzene rings is 1. The van der Waals surface area contributed by atoms with Gasteiger partial charge in [-0.15, -0.1) is 0 Å². The zero-order chi connectivity index (χ0) is 12.3. The van der Waals surface area contributed by atoms with E-state index in [2.05, 4.69) is 33.2 Å². The van der Waals surface area contributed by atoms with Crippen molar-refractivity contribution in [1.29, 1.82) is 0 Å². The summed E-state index contributed by atoms with van der Waals surface area (Å²) in [5.41, 5.74) is 2.36. The quantitative estimate of drug-likeness (QED) is 0.785. The zero-order valence-electron chi connectivity index (χ0n) is 9.61. The lowest BCUT2D eigenvalue weighted by Gasteiger charge is -2.13. The lowest BCUT2D eigenvalue weighted by atomic mass is 9.96. The molecule has 0 saturated heterocycles. The van der Waals surface area contributed by atoms with E-state index in [4.69, 9.17) is 11.6 Å². The molecule has 1 heterocycles. The number of rotatable bonds is 4. The van der Waals surface area contributed by atoms with Crippen molar-refractivity contribution in [2.24, 2.45) is 7.05 Å². The number of hydrogen-bond acceptors (Lipinski definition) is 1. The van der Waals surface area contributed by atoms with Gasteiger partial charge in [0.1, 0.15) is 0 Å². The van der Waals surface area contributed by atoms with Gasteiger partial charge >= 0.3 is 0 Å². The molecular weight excluding hydrogens is 300 g/mol. The number of nitrogens with zero attached hydrogens (tertiary/aromatic N) is 2. The van der Waals surface area contributed by atoms with E-state index in [9.17, 15) is 0 Å². The van der Waals surface area contributed by atoms with Gasteiger partial charge in [0.15, 0.2) is 0 Å². The van der Waals surface area contributed by atoms with Crippen LogP contribution < -0.4 is 0 Å². The number of hydrogen-bond donors (Lipinski definition) is 0. The third kappa shape index (κ3) is 3.33. The standard InChI is InChI=1S/C13H14BrClN2/c1-17-6-5-13(16-17)8-11(9-14)10-3-2-4-12(15)7-10/h2-7,11H,8-9H2,1H3. The molecule has 0 radical (unpaired) electrons. The van der Waals surface area contributed by atoms with E-state index in [0.29, 0.717) is 5.92 Å². The fourth-order valence-electron chi connectivity index (χ4n) is 1.85. The molecule has 0 fully saturated rings. The normalized spacial score (nSPS) is 12.6. The summed E-state index contributed by atoms with van der Waals surface area (Å²) in [7, 11) is 1.94. The third-order valence-electron chi connectivity index (χ3n) is 2.73. The van der Waals surface area contributed by atoms with Crippen molar-refractivity contribution in [3.05, 3.63) is 52.8 Å². The fraction of sp³-hybridized carbons (Fsp3) is 0.308. The van der Waals surface area contributed by atoms with Crippen LogP contribution in [0, 0.1) is 0 Å². The van der Waals surface area contributed by atoms with Crippen LogP contribution in [0.2, 0.25) is 5.02 Å². The Labute approximate surface area is 115 Å². The monoisotopic (exact) mass is 312 g/mol. The molecule has 2 rings (SSSR count). The van der Waals surface area contributed by atoms with Gasteiger partial charge in [-0.2, -0.15) is 5.10 Å². The Balaban J connectivity index is 2.16. The largest absolute Gasteiger partial charge is 0.276 e. The Morgan fingerprint density at radius 1 is 1.41 bits per heavy atom. The number of halogens is 2. The SMILES string of the molecule is Cn1ccc(CC(CBr)c2cccc(Cl)c2)n1. The smallest absolute Gasteiger partial charge is 0.0630 e. The first-order valence-electron chi connectivity index (χ1n) is 5.49. The minimum atomic E-state index is 0.406.